The molecule has 4 aromatic rings. The van der Waals surface area contributed by atoms with Crippen molar-refractivity contribution in [2.24, 2.45) is 0 Å². The first-order chi connectivity index (χ1) is 14.6. The first-order valence-electron chi connectivity index (χ1n) is 9.50. The highest BCUT2D eigenvalue weighted by molar-refractivity contribution is 6.31. The summed E-state index contributed by atoms with van der Waals surface area (Å²) >= 11 is 6.31. The smallest absolute Gasteiger partial charge is 0.258 e. The van der Waals surface area contributed by atoms with Crippen LogP contribution in [0.3, 0.4) is 0 Å². The topological polar surface area (TPSA) is 82.1 Å². The van der Waals surface area contributed by atoms with Gasteiger partial charge in [-0.3, -0.25) is 0 Å². The van der Waals surface area contributed by atoms with Crippen molar-refractivity contribution < 1.29 is 9.26 Å². The number of anilines is 1. The zero-order chi connectivity index (χ0) is 20.7. The monoisotopic (exact) mass is 422 g/mol. The zero-order valence-electron chi connectivity index (χ0n) is 16.5. The minimum atomic E-state index is -0.184. The summed E-state index contributed by atoms with van der Waals surface area (Å²) in [6.07, 6.45) is -0.184. The number of aromatic nitrogens is 5. The lowest BCUT2D eigenvalue weighted by Gasteiger charge is -2.24. The Morgan fingerprint density at radius 1 is 1.10 bits per heavy atom. The number of rotatable bonds is 4. The van der Waals surface area contributed by atoms with E-state index in [0.717, 1.165) is 22.5 Å². The van der Waals surface area contributed by atoms with Crippen molar-refractivity contribution in [3.05, 3.63) is 64.8 Å². The van der Waals surface area contributed by atoms with Gasteiger partial charge in [0.1, 0.15) is 6.10 Å². The van der Waals surface area contributed by atoms with E-state index >= 15 is 0 Å². The maximum Gasteiger partial charge on any atom is 0.258 e. The molecule has 0 bridgehead atoms. The van der Waals surface area contributed by atoms with Gasteiger partial charge in [-0.1, -0.05) is 40.2 Å². The molecule has 1 aliphatic rings. The Morgan fingerprint density at radius 3 is 2.67 bits per heavy atom. The molecule has 9 heteroatoms. The maximum absolute atomic E-state index is 6.31. The van der Waals surface area contributed by atoms with Gasteiger partial charge in [0, 0.05) is 35.9 Å². The predicted octanol–water partition coefficient (Wildman–Crippen LogP) is 3.99. The average Bonchev–Trinajstić information content (AvgIpc) is 3.41. The molecule has 2 aromatic heterocycles. The predicted molar refractivity (Wildman–Crippen MR) is 112 cm³/mol. The summed E-state index contributed by atoms with van der Waals surface area (Å²) in [7, 11) is 3.99. The Hall–Kier alpha value is -3.23. The third kappa shape index (κ3) is 3.34. The minimum Gasteiger partial charge on any atom is -0.378 e. The van der Waals surface area contributed by atoms with Crippen molar-refractivity contribution in [1.29, 1.82) is 0 Å². The summed E-state index contributed by atoms with van der Waals surface area (Å²) in [5.41, 5.74) is 4.25. The SMILES string of the molecule is CN(C)c1ccc(-c2nc(-c3nnn4c3COC(c3ccccc3Cl)C4)no2)cc1. The Labute approximate surface area is 178 Å². The van der Waals surface area contributed by atoms with Crippen LogP contribution in [0.4, 0.5) is 5.69 Å². The molecular formula is C21H19ClN6O2. The van der Waals surface area contributed by atoms with Crippen LogP contribution in [0.15, 0.2) is 53.1 Å². The normalized spacial score (nSPS) is 15.8. The third-order valence-corrected chi connectivity index (χ3v) is 5.46. The van der Waals surface area contributed by atoms with Gasteiger partial charge in [-0.05, 0) is 30.3 Å². The summed E-state index contributed by atoms with van der Waals surface area (Å²) in [5, 5.41) is 13.3. The van der Waals surface area contributed by atoms with E-state index in [2.05, 4.69) is 20.5 Å². The lowest BCUT2D eigenvalue weighted by molar-refractivity contribution is -0.00106. The van der Waals surface area contributed by atoms with Crippen LogP contribution in [0, 0.1) is 0 Å². The number of nitrogens with zero attached hydrogens (tertiary/aromatic N) is 6. The molecule has 3 heterocycles. The van der Waals surface area contributed by atoms with Gasteiger partial charge in [-0.25, -0.2) is 4.68 Å². The van der Waals surface area contributed by atoms with Crippen molar-refractivity contribution in [3.8, 4) is 23.0 Å². The van der Waals surface area contributed by atoms with Gasteiger partial charge in [0.15, 0.2) is 5.69 Å². The van der Waals surface area contributed by atoms with Crippen LogP contribution in [0.25, 0.3) is 23.0 Å². The molecule has 152 valence electrons. The largest absolute Gasteiger partial charge is 0.378 e. The van der Waals surface area contributed by atoms with Crippen LogP contribution in [0.5, 0.6) is 0 Å². The standard InChI is InChI=1S/C21H19ClN6O2/c1-27(2)14-9-7-13(8-10-14)21-23-20(25-30-21)19-17-12-29-18(11-28(17)26-24-19)15-5-3-4-6-16(15)22/h3-10,18H,11-12H2,1-2H3. The van der Waals surface area contributed by atoms with E-state index in [1.807, 2.05) is 72.2 Å². The average molecular weight is 423 g/mol. The highest BCUT2D eigenvalue weighted by Crippen LogP contribution is 2.33. The number of benzene rings is 2. The van der Waals surface area contributed by atoms with E-state index in [1.165, 1.54) is 0 Å². The van der Waals surface area contributed by atoms with Gasteiger partial charge in [0.25, 0.3) is 5.89 Å². The summed E-state index contributed by atoms with van der Waals surface area (Å²) in [4.78, 5) is 6.54. The summed E-state index contributed by atoms with van der Waals surface area (Å²) in [5.74, 6) is 0.824. The van der Waals surface area contributed by atoms with E-state index in [0.29, 0.717) is 35.6 Å². The molecule has 0 amide bonds. The summed E-state index contributed by atoms with van der Waals surface area (Å²) < 4.78 is 13.3. The van der Waals surface area contributed by atoms with Crippen LogP contribution < -0.4 is 4.90 Å². The first-order valence-corrected chi connectivity index (χ1v) is 9.88. The van der Waals surface area contributed by atoms with Gasteiger partial charge in [-0.15, -0.1) is 5.10 Å². The molecule has 0 fully saturated rings. The van der Waals surface area contributed by atoms with Crippen LogP contribution in [-0.4, -0.2) is 39.2 Å². The van der Waals surface area contributed by atoms with E-state index < -0.39 is 0 Å². The highest BCUT2D eigenvalue weighted by Gasteiger charge is 2.28. The van der Waals surface area contributed by atoms with E-state index in [1.54, 1.807) is 0 Å². The molecule has 30 heavy (non-hydrogen) atoms. The molecular weight excluding hydrogens is 404 g/mol. The molecule has 1 atom stereocenters. The molecule has 0 spiro atoms. The molecule has 1 unspecified atom stereocenters. The molecule has 1 aliphatic heterocycles. The van der Waals surface area contributed by atoms with E-state index in [9.17, 15) is 0 Å². The molecule has 0 saturated heterocycles. The summed E-state index contributed by atoms with van der Waals surface area (Å²) in [6, 6.07) is 15.6. The number of hydrogen-bond acceptors (Lipinski definition) is 7. The van der Waals surface area contributed by atoms with Crippen molar-refractivity contribution in [2.45, 2.75) is 19.3 Å². The Balaban J connectivity index is 1.39. The Morgan fingerprint density at radius 2 is 1.90 bits per heavy atom. The number of ether oxygens (including phenoxy) is 1. The fourth-order valence-electron chi connectivity index (χ4n) is 3.45. The quantitative estimate of drug-likeness (QED) is 0.491. The number of halogens is 1. The van der Waals surface area contributed by atoms with Gasteiger partial charge in [-0.2, -0.15) is 4.98 Å². The third-order valence-electron chi connectivity index (χ3n) is 5.12. The Bertz CT molecular complexity index is 1180. The van der Waals surface area contributed by atoms with Crippen molar-refractivity contribution in [2.75, 3.05) is 19.0 Å². The lowest BCUT2D eigenvalue weighted by atomic mass is 10.1. The van der Waals surface area contributed by atoms with Gasteiger partial charge < -0.3 is 14.2 Å². The Kier molecular flexibility index (Phi) is 4.72. The molecule has 5 rings (SSSR count). The molecule has 0 radical (unpaired) electrons. The fourth-order valence-corrected chi connectivity index (χ4v) is 3.71. The lowest BCUT2D eigenvalue weighted by Crippen LogP contribution is -2.22. The van der Waals surface area contributed by atoms with Crippen molar-refractivity contribution in [1.82, 2.24) is 25.1 Å². The first kappa shape index (κ1) is 18.8. The second-order valence-electron chi connectivity index (χ2n) is 7.25. The highest BCUT2D eigenvalue weighted by atomic mass is 35.5. The van der Waals surface area contributed by atoms with Gasteiger partial charge >= 0.3 is 0 Å². The number of fused-ring (bicyclic) bond motifs is 1. The molecule has 0 saturated carbocycles. The van der Waals surface area contributed by atoms with E-state index in [4.69, 9.17) is 20.9 Å². The summed E-state index contributed by atoms with van der Waals surface area (Å²) in [6.45, 7) is 0.850. The number of hydrogen-bond donors (Lipinski definition) is 0. The minimum absolute atomic E-state index is 0.184. The van der Waals surface area contributed by atoms with E-state index in [-0.39, 0.29) is 6.10 Å². The molecule has 0 N–H and O–H groups in total. The van der Waals surface area contributed by atoms with Crippen LogP contribution in [-0.2, 0) is 17.9 Å². The van der Waals surface area contributed by atoms with Gasteiger partial charge in [0.05, 0.1) is 18.8 Å². The van der Waals surface area contributed by atoms with Crippen LogP contribution in [0.2, 0.25) is 5.02 Å². The molecule has 8 nitrogen and oxygen atoms in total. The molecule has 0 aliphatic carbocycles. The second kappa shape index (κ2) is 7.55. The maximum atomic E-state index is 6.31. The molecule has 2 aromatic carbocycles. The van der Waals surface area contributed by atoms with Crippen LogP contribution >= 0.6 is 11.6 Å². The van der Waals surface area contributed by atoms with Crippen molar-refractivity contribution in [3.63, 3.8) is 0 Å². The van der Waals surface area contributed by atoms with Crippen molar-refractivity contribution >= 4 is 17.3 Å². The fraction of sp³-hybridized carbons (Fsp3) is 0.238. The van der Waals surface area contributed by atoms with Gasteiger partial charge in [0.2, 0.25) is 5.82 Å². The zero-order valence-corrected chi connectivity index (χ0v) is 17.2. The van der Waals surface area contributed by atoms with Crippen LogP contribution in [0.1, 0.15) is 17.4 Å². The second-order valence-corrected chi connectivity index (χ2v) is 7.66.